The maximum absolute atomic E-state index is 12.5. The molecule has 1 aliphatic heterocycles. The summed E-state index contributed by atoms with van der Waals surface area (Å²) in [6.45, 7) is 2.85. The topological polar surface area (TPSA) is 92.7 Å². The number of carbonyl (C=O) groups excluding carboxylic acids is 1. The number of hydrogen-bond acceptors (Lipinski definition) is 8. The highest BCUT2D eigenvalue weighted by atomic mass is 32.2. The molecule has 0 spiro atoms. The lowest BCUT2D eigenvalue weighted by Crippen LogP contribution is -2.49. The first-order chi connectivity index (χ1) is 14.4. The van der Waals surface area contributed by atoms with Gasteiger partial charge in [-0.3, -0.25) is 4.79 Å². The number of sulfone groups is 1. The van der Waals surface area contributed by atoms with Crippen LogP contribution in [0.15, 0.2) is 6.07 Å². The predicted molar refractivity (Wildman–Crippen MR) is 111 cm³/mol. The van der Waals surface area contributed by atoms with E-state index in [2.05, 4.69) is 9.97 Å². The van der Waals surface area contributed by atoms with Crippen molar-refractivity contribution in [2.45, 2.75) is 25.9 Å². The van der Waals surface area contributed by atoms with Gasteiger partial charge in [0, 0.05) is 37.3 Å². The largest absolute Gasteiger partial charge is 0.462 e. The summed E-state index contributed by atoms with van der Waals surface area (Å²) < 4.78 is 65.7. The summed E-state index contributed by atoms with van der Waals surface area (Å²) in [6, 6.07) is 2.02. The lowest BCUT2D eigenvalue weighted by molar-refractivity contribution is -0.161. The fraction of sp³-hybridized carbons (Fsp3) is 0.611. The Morgan fingerprint density at radius 1 is 1.23 bits per heavy atom. The Kier molecular flexibility index (Phi) is 6.94. The van der Waals surface area contributed by atoms with E-state index in [9.17, 15) is 26.4 Å². The molecule has 0 bridgehead atoms. The molecule has 1 aliphatic rings. The standard InChI is InChI=1S/C18H23F3N4O4S2/c1-3-12-10-13-15(22-17(23-16(13)30-12)29-8-9-31(2,27)28)25-6-4-24(5-7-25)14(26)11-18(19,20)21/h10H,3-9,11H2,1-2H3. The van der Waals surface area contributed by atoms with E-state index in [1.807, 2.05) is 17.9 Å². The van der Waals surface area contributed by atoms with Crippen molar-refractivity contribution in [2.75, 3.05) is 49.7 Å². The molecule has 172 valence electrons. The van der Waals surface area contributed by atoms with Crippen molar-refractivity contribution in [3.05, 3.63) is 10.9 Å². The van der Waals surface area contributed by atoms with E-state index in [4.69, 9.17) is 4.74 Å². The highest BCUT2D eigenvalue weighted by Gasteiger charge is 2.34. The molecule has 0 atom stereocenters. The molecule has 0 unspecified atom stereocenters. The Labute approximate surface area is 181 Å². The molecule has 31 heavy (non-hydrogen) atoms. The first kappa shape index (κ1) is 23.5. The number of nitrogens with zero attached hydrogens (tertiary/aromatic N) is 4. The van der Waals surface area contributed by atoms with Gasteiger partial charge in [-0.2, -0.15) is 23.1 Å². The molecule has 0 radical (unpaired) electrons. The molecule has 1 amide bonds. The molecule has 8 nitrogen and oxygen atoms in total. The van der Waals surface area contributed by atoms with Gasteiger partial charge in [-0.05, 0) is 12.5 Å². The van der Waals surface area contributed by atoms with Crippen LogP contribution >= 0.6 is 11.3 Å². The number of fused-ring (bicyclic) bond motifs is 1. The number of halogens is 3. The van der Waals surface area contributed by atoms with Crippen LogP contribution in [0.5, 0.6) is 6.01 Å². The summed E-state index contributed by atoms with van der Waals surface area (Å²) in [5, 5.41) is 0.799. The van der Waals surface area contributed by atoms with Crippen molar-refractivity contribution in [1.82, 2.24) is 14.9 Å². The number of rotatable bonds is 7. The fourth-order valence-electron chi connectivity index (χ4n) is 3.15. The van der Waals surface area contributed by atoms with Crippen molar-refractivity contribution < 1.29 is 31.1 Å². The first-order valence-corrected chi connectivity index (χ1v) is 12.5. The molecule has 0 aliphatic carbocycles. The van der Waals surface area contributed by atoms with Crippen LogP contribution in [0.4, 0.5) is 19.0 Å². The quantitative estimate of drug-likeness (QED) is 0.600. The SMILES string of the molecule is CCc1cc2c(N3CCN(C(=O)CC(F)(F)F)CC3)nc(OCCS(C)(=O)=O)nc2s1. The lowest BCUT2D eigenvalue weighted by Gasteiger charge is -2.35. The zero-order valence-corrected chi connectivity index (χ0v) is 18.7. The number of anilines is 1. The second kappa shape index (κ2) is 9.15. The van der Waals surface area contributed by atoms with Gasteiger partial charge < -0.3 is 14.5 Å². The van der Waals surface area contributed by atoms with E-state index in [1.165, 1.54) is 16.2 Å². The van der Waals surface area contributed by atoms with Gasteiger partial charge in [0.15, 0.2) is 9.84 Å². The minimum Gasteiger partial charge on any atom is -0.462 e. The predicted octanol–water partition coefficient (Wildman–Crippen LogP) is 2.28. The number of amides is 1. The average Bonchev–Trinajstić information content (AvgIpc) is 3.08. The third kappa shape index (κ3) is 6.42. The summed E-state index contributed by atoms with van der Waals surface area (Å²) in [6.07, 6.45) is -4.09. The number of aryl methyl sites for hydroxylation is 1. The molecular weight excluding hydrogens is 457 g/mol. The summed E-state index contributed by atoms with van der Waals surface area (Å²) in [5.41, 5.74) is 0. The molecule has 3 heterocycles. The maximum atomic E-state index is 12.5. The maximum Gasteiger partial charge on any atom is 0.397 e. The molecule has 0 saturated carbocycles. The average molecular weight is 481 g/mol. The van der Waals surface area contributed by atoms with E-state index < -0.39 is 28.3 Å². The van der Waals surface area contributed by atoms with Crippen molar-refractivity contribution in [2.24, 2.45) is 0 Å². The number of hydrogen-bond donors (Lipinski definition) is 0. The fourth-order valence-corrected chi connectivity index (χ4v) is 4.49. The van der Waals surface area contributed by atoms with Crippen LogP contribution < -0.4 is 9.64 Å². The van der Waals surface area contributed by atoms with Crippen LogP contribution in [0.1, 0.15) is 18.2 Å². The zero-order chi connectivity index (χ0) is 22.8. The van der Waals surface area contributed by atoms with Gasteiger partial charge in [0.2, 0.25) is 5.91 Å². The second-order valence-corrected chi connectivity index (χ2v) is 10.6. The minimum absolute atomic E-state index is 0.0474. The number of piperazine rings is 1. The van der Waals surface area contributed by atoms with Crippen molar-refractivity contribution in [3.8, 4) is 6.01 Å². The minimum atomic E-state index is -4.53. The second-order valence-electron chi connectivity index (χ2n) is 7.25. The van der Waals surface area contributed by atoms with Gasteiger partial charge in [0.05, 0.1) is 11.1 Å². The van der Waals surface area contributed by atoms with Gasteiger partial charge in [-0.15, -0.1) is 11.3 Å². The lowest BCUT2D eigenvalue weighted by atomic mass is 10.2. The Bertz CT molecular complexity index is 1050. The third-order valence-electron chi connectivity index (χ3n) is 4.72. The van der Waals surface area contributed by atoms with Crippen molar-refractivity contribution in [3.63, 3.8) is 0 Å². The van der Waals surface area contributed by atoms with Gasteiger partial charge in [-0.25, -0.2) is 8.42 Å². The van der Waals surface area contributed by atoms with E-state index >= 15 is 0 Å². The van der Waals surface area contributed by atoms with Crippen LogP contribution in [-0.4, -0.2) is 80.2 Å². The smallest absolute Gasteiger partial charge is 0.397 e. The Morgan fingerprint density at radius 2 is 1.90 bits per heavy atom. The number of thiophene rings is 1. The van der Waals surface area contributed by atoms with E-state index in [0.717, 1.165) is 22.9 Å². The highest BCUT2D eigenvalue weighted by Crippen LogP contribution is 2.33. The zero-order valence-electron chi connectivity index (χ0n) is 17.1. The molecule has 1 fully saturated rings. The van der Waals surface area contributed by atoms with Gasteiger partial charge in [0.1, 0.15) is 23.7 Å². The van der Waals surface area contributed by atoms with Gasteiger partial charge in [-0.1, -0.05) is 6.92 Å². The van der Waals surface area contributed by atoms with Gasteiger partial charge >= 0.3 is 12.2 Å². The van der Waals surface area contributed by atoms with Crippen molar-refractivity contribution in [1.29, 1.82) is 0 Å². The number of ether oxygens (including phenoxy) is 1. The molecule has 1 saturated heterocycles. The Balaban J connectivity index is 1.78. The van der Waals surface area contributed by atoms with Crippen molar-refractivity contribution >= 4 is 43.1 Å². The molecule has 2 aromatic rings. The number of carbonyl (C=O) groups is 1. The molecule has 3 rings (SSSR count). The normalized spacial score (nSPS) is 15.5. The summed E-state index contributed by atoms with van der Waals surface area (Å²) in [7, 11) is -3.20. The molecule has 0 aromatic carbocycles. The Morgan fingerprint density at radius 3 is 2.48 bits per heavy atom. The van der Waals surface area contributed by atoms with E-state index in [1.54, 1.807) is 0 Å². The summed E-state index contributed by atoms with van der Waals surface area (Å²) in [4.78, 5) is 25.5. The third-order valence-corrected chi connectivity index (χ3v) is 6.80. The van der Waals surface area contributed by atoms with Crippen LogP contribution in [0.3, 0.4) is 0 Å². The van der Waals surface area contributed by atoms with E-state index in [-0.39, 0.29) is 31.5 Å². The molecular formula is C18H23F3N4O4S2. The Hall–Kier alpha value is -2.15. The molecule has 0 N–H and O–H groups in total. The number of aromatic nitrogens is 2. The number of alkyl halides is 3. The first-order valence-electron chi connectivity index (χ1n) is 9.65. The summed E-state index contributed by atoms with van der Waals surface area (Å²) >= 11 is 1.47. The molecule has 13 heteroatoms. The van der Waals surface area contributed by atoms with Crippen LogP contribution in [0.25, 0.3) is 10.2 Å². The van der Waals surface area contributed by atoms with Crippen LogP contribution in [0.2, 0.25) is 0 Å². The monoisotopic (exact) mass is 480 g/mol. The highest BCUT2D eigenvalue weighted by molar-refractivity contribution is 7.90. The van der Waals surface area contributed by atoms with Gasteiger partial charge in [0.25, 0.3) is 0 Å². The van der Waals surface area contributed by atoms with Crippen LogP contribution in [0, 0.1) is 0 Å². The molecule has 2 aromatic heterocycles. The van der Waals surface area contributed by atoms with Crippen LogP contribution in [-0.2, 0) is 21.1 Å². The van der Waals surface area contributed by atoms with E-state index in [0.29, 0.717) is 23.7 Å². The summed E-state index contributed by atoms with van der Waals surface area (Å²) in [5.74, 6) is -0.541.